The molecule has 0 fully saturated rings. The van der Waals surface area contributed by atoms with Crippen LogP contribution in [0, 0.1) is 6.92 Å². The Bertz CT molecular complexity index is 832. The van der Waals surface area contributed by atoms with Crippen molar-refractivity contribution >= 4 is 21.6 Å². The second kappa shape index (κ2) is 7.49. The first-order valence-electron chi connectivity index (χ1n) is 7.83. The van der Waals surface area contributed by atoms with Crippen LogP contribution in [0.1, 0.15) is 36.2 Å². The average molecular weight is 346 g/mol. The fourth-order valence-corrected chi connectivity index (χ4v) is 3.28. The summed E-state index contributed by atoms with van der Waals surface area (Å²) in [6.07, 6.45) is 0.804. The Hall–Kier alpha value is -2.34. The number of benzene rings is 2. The number of aryl methyl sites for hydroxylation is 1. The highest BCUT2D eigenvalue weighted by Crippen LogP contribution is 2.20. The zero-order valence-corrected chi connectivity index (χ0v) is 14.9. The summed E-state index contributed by atoms with van der Waals surface area (Å²) < 4.78 is 27.7. The molecule has 0 bridgehead atoms. The number of nitrogens with one attached hydrogen (secondary N) is 2. The van der Waals surface area contributed by atoms with E-state index in [4.69, 9.17) is 0 Å². The first-order valence-corrected chi connectivity index (χ1v) is 9.31. The first kappa shape index (κ1) is 18.0. The number of rotatable bonds is 6. The normalized spacial score (nSPS) is 12.5. The third-order valence-electron chi connectivity index (χ3n) is 3.79. The van der Waals surface area contributed by atoms with E-state index in [0.717, 1.165) is 12.0 Å². The van der Waals surface area contributed by atoms with Crippen LogP contribution in [0.25, 0.3) is 0 Å². The number of carbonyl (C=O) groups excluding carboxylic acids is 1. The van der Waals surface area contributed by atoms with Gasteiger partial charge in [0.25, 0.3) is 15.9 Å². The van der Waals surface area contributed by atoms with E-state index >= 15 is 0 Å². The second-order valence-electron chi connectivity index (χ2n) is 5.73. The molecule has 24 heavy (non-hydrogen) atoms. The Labute approximate surface area is 143 Å². The molecule has 1 amide bonds. The number of para-hydroxylation sites is 1. The van der Waals surface area contributed by atoms with E-state index in [9.17, 15) is 13.2 Å². The summed E-state index contributed by atoms with van der Waals surface area (Å²) in [4.78, 5) is 12.2. The molecule has 2 aromatic carbocycles. The number of hydrogen-bond donors (Lipinski definition) is 2. The monoisotopic (exact) mass is 346 g/mol. The van der Waals surface area contributed by atoms with Crippen molar-refractivity contribution in [2.45, 2.75) is 38.1 Å². The van der Waals surface area contributed by atoms with Crippen molar-refractivity contribution in [1.82, 2.24) is 5.32 Å². The van der Waals surface area contributed by atoms with Crippen LogP contribution in [0.4, 0.5) is 5.69 Å². The minimum atomic E-state index is -3.76. The SMILES string of the molecule is CCC(C)NC(=O)c1cccc(S(=O)(=O)Nc2ccccc2C)c1. The van der Waals surface area contributed by atoms with Gasteiger partial charge in [-0.25, -0.2) is 8.42 Å². The van der Waals surface area contributed by atoms with E-state index in [0.29, 0.717) is 11.3 Å². The molecule has 0 saturated carbocycles. The predicted molar refractivity (Wildman–Crippen MR) is 95.6 cm³/mol. The highest BCUT2D eigenvalue weighted by molar-refractivity contribution is 7.92. The van der Waals surface area contributed by atoms with Crippen molar-refractivity contribution in [3.05, 3.63) is 59.7 Å². The molecule has 1 unspecified atom stereocenters. The van der Waals surface area contributed by atoms with Gasteiger partial charge in [0, 0.05) is 11.6 Å². The van der Waals surface area contributed by atoms with E-state index < -0.39 is 10.0 Å². The van der Waals surface area contributed by atoms with Gasteiger partial charge >= 0.3 is 0 Å². The van der Waals surface area contributed by atoms with E-state index in [1.165, 1.54) is 12.1 Å². The Morgan fingerprint density at radius 3 is 2.50 bits per heavy atom. The number of sulfonamides is 1. The van der Waals surface area contributed by atoms with Crippen LogP contribution < -0.4 is 10.0 Å². The first-order chi connectivity index (χ1) is 11.3. The second-order valence-corrected chi connectivity index (χ2v) is 7.41. The highest BCUT2D eigenvalue weighted by atomic mass is 32.2. The molecule has 0 radical (unpaired) electrons. The van der Waals surface area contributed by atoms with Gasteiger partial charge in [0.1, 0.15) is 0 Å². The zero-order valence-electron chi connectivity index (χ0n) is 14.0. The van der Waals surface area contributed by atoms with Gasteiger partial charge in [0.05, 0.1) is 10.6 Å². The van der Waals surface area contributed by atoms with Gasteiger partial charge in [0.2, 0.25) is 0 Å². The summed E-state index contributed by atoms with van der Waals surface area (Å²) in [5.74, 6) is -0.280. The van der Waals surface area contributed by atoms with Gasteiger partial charge in [-0.2, -0.15) is 0 Å². The van der Waals surface area contributed by atoms with E-state index in [-0.39, 0.29) is 16.8 Å². The summed E-state index contributed by atoms with van der Waals surface area (Å²) in [7, 11) is -3.76. The van der Waals surface area contributed by atoms with Gasteiger partial charge in [-0.3, -0.25) is 9.52 Å². The van der Waals surface area contributed by atoms with E-state index in [2.05, 4.69) is 10.0 Å². The molecule has 1 atom stereocenters. The standard InChI is InChI=1S/C18H22N2O3S/c1-4-14(3)19-18(21)15-9-7-10-16(12-15)24(22,23)20-17-11-6-5-8-13(17)2/h5-12,14,20H,4H2,1-3H3,(H,19,21). The number of amides is 1. The average Bonchev–Trinajstić information content (AvgIpc) is 2.56. The maximum Gasteiger partial charge on any atom is 0.261 e. The third kappa shape index (κ3) is 4.35. The minimum Gasteiger partial charge on any atom is -0.350 e. The van der Waals surface area contributed by atoms with Crippen LogP contribution in [0.2, 0.25) is 0 Å². The third-order valence-corrected chi connectivity index (χ3v) is 5.15. The van der Waals surface area contributed by atoms with Crippen LogP contribution in [0.15, 0.2) is 53.4 Å². The molecular weight excluding hydrogens is 324 g/mol. The lowest BCUT2D eigenvalue weighted by molar-refractivity contribution is 0.0939. The number of anilines is 1. The Morgan fingerprint density at radius 2 is 1.83 bits per heavy atom. The van der Waals surface area contributed by atoms with Crippen molar-refractivity contribution in [2.75, 3.05) is 4.72 Å². The largest absolute Gasteiger partial charge is 0.350 e. The molecule has 0 aromatic heterocycles. The number of carbonyl (C=O) groups is 1. The predicted octanol–water partition coefficient (Wildman–Crippen LogP) is 3.32. The van der Waals surface area contributed by atoms with Crippen molar-refractivity contribution in [3.63, 3.8) is 0 Å². The van der Waals surface area contributed by atoms with Crippen LogP contribution >= 0.6 is 0 Å². The van der Waals surface area contributed by atoms with Gasteiger partial charge in [-0.1, -0.05) is 31.2 Å². The molecule has 2 rings (SSSR count). The van der Waals surface area contributed by atoms with Gasteiger partial charge in [-0.15, -0.1) is 0 Å². The Kier molecular flexibility index (Phi) is 5.62. The summed E-state index contributed by atoms with van der Waals surface area (Å²) in [5.41, 5.74) is 1.67. The molecule has 2 N–H and O–H groups in total. The van der Waals surface area contributed by atoms with Gasteiger partial charge < -0.3 is 5.32 Å². The van der Waals surface area contributed by atoms with Crippen molar-refractivity contribution in [3.8, 4) is 0 Å². The van der Waals surface area contributed by atoms with Gasteiger partial charge in [0.15, 0.2) is 0 Å². The Morgan fingerprint density at radius 1 is 1.12 bits per heavy atom. The smallest absolute Gasteiger partial charge is 0.261 e. The van der Waals surface area contributed by atoms with Gasteiger partial charge in [-0.05, 0) is 50.1 Å². The van der Waals surface area contributed by atoms with Crippen molar-refractivity contribution in [1.29, 1.82) is 0 Å². The molecule has 0 aliphatic heterocycles. The molecule has 5 nitrogen and oxygen atoms in total. The quantitative estimate of drug-likeness (QED) is 0.842. The molecule has 128 valence electrons. The minimum absolute atomic E-state index is 0.0304. The lowest BCUT2D eigenvalue weighted by Gasteiger charge is -2.13. The van der Waals surface area contributed by atoms with Crippen LogP contribution in [0.3, 0.4) is 0 Å². The fourth-order valence-electron chi connectivity index (χ4n) is 2.10. The van der Waals surface area contributed by atoms with E-state index in [1.807, 2.05) is 32.9 Å². The summed E-state index contributed by atoms with van der Waals surface area (Å²) >= 11 is 0. The highest BCUT2D eigenvalue weighted by Gasteiger charge is 2.17. The van der Waals surface area contributed by atoms with Crippen LogP contribution in [-0.2, 0) is 10.0 Å². The van der Waals surface area contributed by atoms with Crippen molar-refractivity contribution < 1.29 is 13.2 Å². The lowest BCUT2D eigenvalue weighted by Crippen LogP contribution is -2.32. The van der Waals surface area contributed by atoms with Crippen molar-refractivity contribution in [2.24, 2.45) is 0 Å². The molecule has 6 heteroatoms. The fraction of sp³-hybridized carbons (Fsp3) is 0.278. The maximum atomic E-state index is 12.6. The zero-order chi connectivity index (χ0) is 17.7. The molecule has 2 aromatic rings. The topological polar surface area (TPSA) is 75.3 Å². The Balaban J connectivity index is 2.27. The molecule has 0 heterocycles. The summed E-state index contributed by atoms with van der Waals surface area (Å²) in [6.45, 7) is 5.70. The summed E-state index contributed by atoms with van der Waals surface area (Å²) in [5, 5.41) is 2.83. The molecule has 0 saturated heterocycles. The summed E-state index contributed by atoms with van der Waals surface area (Å²) in [6, 6.07) is 13.2. The molecule has 0 aliphatic carbocycles. The molecular formula is C18H22N2O3S. The maximum absolute atomic E-state index is 12.6. The van der Waals surface area contributed by atoms with E-state index in [1.54, 1.807) is 24.3 Å². The van der Waals surface area contributed by atoms with Crippen LogP contribution in [-0.4, -0.2) is 20.4 Å². The molecule has 0 spiro atoms. The van der Waals surface area contributed by atoms with Crippen LogP contribution in [0.5, 0.6) is 0 Å². The molecule has 0 aliphatic rings. The lowest BCUT2D eigenvalue weighted by atomic mass is 10.2. The number of hydrogen-bond acceptors (Lipinski definition) is 3.